The number of carboxylic acids is 1. The number of hydrogen-bond acceptors (Lipinski definition) is 3. The number of carboxylic acid groups (broad SMARTS) is 1. The predicted octanol–water partition coefficient (Wildman–Crippen LogP) is 3.57. The highest BCUT2D eigenvalue weighted by molar-refractivity contribution is 9.10. The Balaban J connectivity index is 2.27. The summed E-state index contributed by atoms with van der Waals surface area (Å²) >= 11 is 9.15. The second kappa shape index (κ2) is 6.63. The molecule has 4 nitrogen and oxygen atoms in total. The molecule has 1 heterocycles. The molecule has 0 aliphatic rings. The SMILES string of the molecule is O=C(O)C(=NCc1ccc(Br)cn1)c1cccc(Cl)c1. The molecule has 1 N–H and O–H groups in total. The lowest BCUT2D eigenvalue weighted by molar-refractivity contribution is -0.129. The van der Waals surface area contributed by atoms with E-state index in [1.165, 1.54) is 0 Å². The Morgan fingerprint density at radius 3 is 2.75 bits per heavy atom. The Morgan fingerprint density at radius 2 is 2.15 bits per heavy atom. The first-order chi connectivity index (χ1) is 9.56. The first-order valence-electron chi connectivity index (χ1n) is 5.70. The molecule has 0 spiro atoms. The summed E-state index contributed by atoms with van der Waals surface area (Å²) in [5.41, 5.74) is 1.13. The topological polar surface area (TPSA) is 62.5 Å². The summed E-state index contributed by atoms with van der Waals surface area (Å²) in [4.78, 5) is 19.5. The maximum atomic E-state index is 11.3. The number of benzene rings is 1. The van der Waals surface area contributed by atoms with Crippen molar-refractivity contribution in [3.8, 4) is 0 Å². The lowest BCUT2D eigenvalue weighted by atomic mass is 10.1. The molecule has 0 saturated carbocycles. The molecule has 2 aromatic rings. The average Bonchev–Trinajstić information content (AvgIpc) is 2.41. The zero-order valence-electron chi connectivity index (χ0n) is 10.3. The van der Waals surface area contributed by atoms with E-state index in [0.29, 0.717) is 16.3 Å². The molecule has 1 aromatic heterocycles. The standard InChI is InChI=1S/C14H10BrClN2O2/c15-10-4-5-12(17-7-10)8-18-13(14(19)20)9-2-1-3-11(16)6-9/h1-7H,8H2,(H,19,20). The van der Waals surface area contributed by atoms with Gasteiger partial charge in [0.15, 0.2) is 5.71 Å². The molecule has 102 valence electrons. The fraction of sp³-hybridized carbons (Fsp3) is 0.0714. The van der Waals surface area contributed by atoms with E-state index in [4.69, 9.17) is 11.6 Å². The van der Waals surface area contributed by atoms with Gasteiger partial charge in [0, 0.05) is 21.3 Å². The van der Waals surface area contributed by atoms with Gasteiger partial charge in [-0.3, -0.25) is 9.98 Å². The van der Waals surface area contributed by atoms with Crippen LogP contribution in [0.2, 0.25) is 5.02 Å². The van der Waals surface area contributed by atoms with E-state index in [1.807, 2.05) is 6.07 Å². The summed E-state index contributed by atoms with van der Waals surface area (Å²) in [6.07, 6.45) is 1.64. The van der Waals surface area contributed by atoms with E-state index in [-0.39, 0.29) is 12.3 Å². The van der Waals surface area contributed by atoms with Gasteiger partial charge in [0.25, 0.3) is 0 Å². The lowest BCUT2D eigenvalue weighted by Crippen LogP contribution is -2.15. The third kappa shape index (κ3) is 3.88. The molecule has 0 radical (unpaired) electrons. The van der Waals surface area contributed by atoms with Crippen molar-refractivity contribution in [2.75, 3.05) is 0 Å². The smallest absolute Gasteiger partial charge is 0.354 e. The summed E-state index contributed by atoms with van der Waals surface area (Å²) < 4.78 is 0.860. The van der Waals surface area contributed by atoms with E-state index in [1.54, 1.807) is 36.5 Å². The molecule has 20 heavy (non-hydrogen) atoms. The second-order valence-corrected chi connectivity index (χ2v) is 5.30. The fourth-order valence-electron chi connectivity index (χ4n) is 1.58. The van der Waals surface area contributed by atoms with Gasteiger partial charge < -0.3 is 5.11 Å². The maximum absolute atomic E-state index is 11.3. The molecule has 0 aliphatic carbocycles. The summed E-state index contributed by atoms with van der Waals surface area (Å²) in [7, 11) is 0. The highest BCUT2D eigenvalue weighted by Crippen LogP contribution is 2.13. The summed E-state index contributed by atoms with van der Waals surface area (Å²) in [5.74, 6) is -1.09. The molecule has 0 amide bonds. The van der Waals surface area contributed by atoms with E-state index in [2.05, 4.69) is 25.9 Å². The van der Waals surface area contributed by atoms with Crippen LogP contribution in [-0.2, 0) is 11.3 Å². The Morgan fingerprint density at radius 1 is 1.35 bits per heavy atom. The van der Waals surface area contributed by atoms with E-state index in [0.717, 1.165) is 4.47 Å². The molecule has 0 unspecified atom stereocenters. The number of aromatic nitrogens is 1. The Labute approximate surface area is 129 Å². The third-order valence-electron chi connectivity index (χ3n) is 2.49. The average molecular weight is 354 g/mol. The van der Waals surface area contributed by atoms with Crippen molar-refractivity contribution in [2.45, 2.75) is 6.54 Å². The fourth-order valence-corrected chi connectivity index (χ4v) is 2.00. The second-order valence-electron chi connectivity index (χ2n) is 3.95. The van der Waals surface area contributed by atoms with Crippen LogP contribution in [0.4, 0.5) is 0 Å². The first-order valence-corrected chi connectivity index (χ1v) is 6.87. The van der Waals surface area contributed by atoms with Crippen molar-refractivity contribution in [3.05, 3.63) is 63.3 Å². The van der Waals surface area contributed by atoms with Gasteiger partial charge in [-0.2, -0.15) is 0 Å². The minimum absolute atomic E-state index is 0.0304. The molecular formula is C14H10BrClN2O2. The predicted molar refractivity (Wildman–Crippen MR) is 81.3 cm³/mol. The zero-order valence-corrected chi connectivity index (χ0v) is 12.6. The van der Waals surface area contributed by atoms with Crippen molar-refractivity contribution in [1.82, 2.24) is 4.98 Å². The molecule has 0 saturated heterocycles. The van der Waals surface area contributed by atoms with Crippen LogP contribution < -0.4 is 0 Å². The molecule has 6 heteroatoms. The van der Waals surface area contributed by atoms with Crippen molar-refractivity contribution in [3.63, 3.8) is 0 Å². The highest BCUT2D eigenvalue weighted by Gasteiger charge is 2.12. The van der Waals surface area contributed by atoms with E-state index < -0.39 is 5.97 Å². The van der Waals surface area contributed by atoms with Gasteiger partial charge in [-0.25, -0.2) is 4.79 Å². The normalized spacial score (nSPS) is 11.4. The number of rotatable bonds is 4. The van der Waals surface area contributed by atoms with E-state index >= 15 is 0 Å². The minimum Gasteiger partial charge on any atom is -0.477 e. The lowest BCUT2D eigenvalue weighted by Gasteiger charge is -2.03. The quantitative estimate of drug-likeness (QED) is 0.855. The van der Waals surface area contributed by atoms with Gasteiger partial charge in [-0.05, 0) is 40.2 Å². The van der Waals surface area contributed by atoms with Crippen LogP contribution in [0.1, 0.15) is 11.3 Å². The van der Waals surface area contributed by atoms with Gasteiger partial charge in [0.1, 0.15) is 0 Å². The van der Waals surface area contributed by atoms with Crippen molar-refractivity contribution < 1.29 is 9.90 Å². The molecular weight excluding hydrogens is 344 g/mol. The Kier molecular flexibility index (Phi) is 4.87. The van der Waals surface area contributed by atoms with Gasteiger partial charge in [0.2, 0.25) is 0 Å². The van der Waals surface area contributed by atoms with Gasteiger partial charge in [-0.15, -0.1) is 0 Å². The van der Waals surface area contributed by atoms with Crippen LogP contribution in [0.5, 0.6) is 0 Å². The molecule has 2 rings (SSSR count). The molecule has 0 fully saturated rings. The monoisotopic (exact) mass is 352 g/mol. The maximum Gasteiger partial charge on any atom is 0.354 e. The number of halogens is 2. The largest absolute Gasteiger partial charge is 0.477 e. The summed E-state index contributed by atoms with van der Waals surface area (Å²) in [6, 6.07) is 10.2. The van der Waals surface area contributed by atoms with Gasteiger partial charge >= 0.3 is 5.97 Å². The van der Waals surface area contributed by atoms with Gasteiger partial charge in [0.05, 0.1) is 12.2 Å². The summed E-state index contributed by atoms with van der Waals surface area (Å²) in [5, 5.41) is 9.71. The Bertz CT molecular complexity index is 656. The summed E-state index contributed by atoms with van der Waals surface area (Å²) in [6.45, 7) is 0.196. The van der Waals surface area contributed by atoms with Crippen LogP contribution >= 0.6 is 27.5 Å². The number of carbonyl (C=O) groups is 1. The van der Waals surface area contributed by atoms with Crippen LogP contribution in [0.15, 0.2) is 52.1 Å². The molecule has 0 atom stereocenters. The molecule has 0 bridgehead atoms. The number of aliphatic imine (C=N–C) groups is 1. The number of nitrogens with zero attached hydrogens (tertiary/aromatic N) is 2. The Hall–Kier alpha value is -1.72. The zero-order chi connectivity index (χ0) is 14.5. The van der Waals surface area contributed by atoms with Crippen LogP contribution in [0.3, 0.4) is 0 Å². The number of hydrogen-bond donors (Lipinski definition) is 1. The van der Waals surface area contributed by atoms with Gasteiger partial charge in [-0.1, -0.05) is 23.7 Å². The van der Waals surface area contributed by atoms with E-state index in [9.17, 15) is 9.90 Å². The minimum atomic E-state index is -1.09. The number of pyridine rings is 1. The van der Waals surface area contributed by atoms with Crippen LogP contribution in [-0.4, -0.2) is 21.8 Å². The first kappa shape index (κ1) is 14.7. The molecule has 0 aliphatic heterocycles. The van der Waals surface area contributed by atoms with Crippen molar-refractivity contribution in [1.29, 1.82) is 0 Å². The third-order valence-corrected chi connectivity index (χ3v) is 3.19. The van der Waals surface area contributed by atoms with Crippen molar-refractivity contribution >= 4 is 39.2 Å². The number of aliphatic carboxylic acids is 1. The highest BCUT2D eigenvalue weighted by atomic mass is 79.9. The van der Waals surface area contributed by atoms with Crippen LogP contribution in [0.25, 0.3) is 0 Å². The van der Waals surface area contributed by atoms with Crippen LogP contribution in [0, 0.1) is 0 Å². The molecule has 1 aromatic carbocycles. The van der Waals surface area contributed by atoms with Crippen molar-refractivity contribution in [2.24, 2.45) is 4.99 Å².